The fourth-order valence-electron chi connectivity index (χ4n) is 4.14. The molecular weight excluding hydrogens is 451 g/mol. The third-order valence-corrected chi connectivity index (χ3v) is 6.14. The van der Waals surface area contributed by atoms with Crippen molar-refractivity contribution >= 4 is 34.7 Å². The predicted octanol–water partition coefficient (Wildman–Crippen LogP) is 3.76. The molecule has 2 aromatic rings. The van der Waals surface area contributed by atoms with Crippen molar-refractivity contribution < 1.29 is 28.2 Å². The Morgan fingerprint density at radius 2 is 2.12 bits per heavy atom. The van der Waals surface area contributed by atoms with Crippen molar-refractivity contribution in [1.82, 2.24) is 4.90 Å². The Bertz CT molecular complexity index is 1150. The van der Waals surface area contributed by atoms with E-state index in [1.807, 2.05) is 18.2 Å². The number of hydrogen-bond acceptors (Lipinski definition) is 5. The molecule has 7 nitrogen and oxygen atoms in total. The first kappa shape index (κ1) is 21.7. The SMILES string of the molecule is O=C1COc2cc(F)c(C(=O)N3CC(COc4ccc(Cl)cc4C4=CCOCC4)C3)cc2N1. The number of hydrogen-bond donors (Lipinski definition) is 1. The quantitative estimate of drug-likeness (QED) is 0.717. The number of likely N-dealkylation sites (tertiary alicyclic amines) is 1. The predicted molar refractivity (Wildman–Crippen MR) is 120 cm³/mol. The van der Waals surface area contributed by atoms with Crippen molar-refractivity contribution in [1.29, 1.82) is 0 Å². The minimum Gasteiger partial charge on any atom is -0.493 e. The molecule has 0 aliphatic carbocycles. The van der Waals surface area contributed by atoms with Gasteiger partial charge in [-0.25, -0.2) is 4.39 Å². The summed E-state index contributed by atoms with van der Waals surface area (Å²) in [7, 11) is 0. The van der Waals surface area contributed by atoms with Crippen LogP contribution in [0.15, 0.2) is 36.4 Å². The zero-order valence-electron chi connectivity index (χ0n) is 17.7. The fraction of sp³-hybridized carbons (Fsp3) is 0.333. The maximum absolute atomic E-state index is 14.5. The van der Waals surface area contributed by atoms with Crippen LogP contribution in [0.1, 0.15) is 22.3 Å². The van der Waals surface area contributed by atoms with Crippen molar-refractivity contribution in [3.8, 4) is 11.5 Å². The van der Waals surface area contributed by atoms with Crippen molar-refractivity contribution in [2.24, 2.45) is 5.92 Å². The fourth-order valence-corrected chi connectivity index (χ4v) is 4.31. The molecule has 1 N–H and O–H groups in total. The third kappa shape index (κ3) is 4.54. The van der Waals surface area contributed by atoms with Gasteiger partial charge in [0, 0.05) is 35.7 Å². The molecule has 3 aliphatic heterocycles. The summed E-state index contributed by atoms with van der Waals surface area (Å²) in [5.74, 6) is -0.349. The molecule has 0 unspecified atom stereocenters. The van der Waals surface area contributed by atoms with E-state index in [1.54, 1.807) is 11.0 Å². The van der Waals surface area contributed by atoms with E-state index in [9.17, 15) is 14.0 Å². The number of halogens is 2. The molecule has 0 spiro atoms. The average molecular weight is 473 g/mol. The van der Waals surface area contributed by atoms with Gasteiger partial charge in [0.15, 0.2) is 6.61 Å². The number of anilines is 1. The highest BCUT2D eigenvalue weighted by Gasteiger charge is 2.34. The Kier molecular flexibility index (Phi) is 5.95. The van der Waals surface area contributed by atoms with Crippen molar-refractivity contribution in [3.05, 3.63) is 58.4 Å². The monoisotopic (exact) mass is 472 g/mol. The molecule has 0 aromatic heterocycles. The number of fused-ring (bicyclic) bond motifs is 1. The van der Waals surface area contributed by atoms with Crippen LogP contribution in [0.25, 0.3) is 5.57 Å². The zero-order valence-corrected chi connectivity index (χ0v) is 18.5. The molecule has 172 valence electrons. The lowest BCUT2D eigenvalue weighted by molar-refractivity contribution is -0.118. The van der Waals surface area contributed by atoms with Gasteiger partial charge in [-0.2, -0.15) is 0 Å². The lowest BCUT2D eigenvalue weighted by atomic mass is 9.98. The van der Waals surface area contributed by atoms with Gasteiger partial charge in [-0.05, 0) is 36.3 Å². The molecule has 5 rings (SSSR count). The highest BCUT2D eigenvalue weighted by molar-refractivity contribution is 6.30. The molecule has 1 saturated heterocycles. The number of carbonyl (C=O) groups is 2. The molecule has 3 aliphatic rings. The zero-order chi connectivity index (χ0) is 22.9. The van der Waals surface area contributed by atoms with Crippen LogP contribution >= 0.6 is 11.6 Å². The molecule has 1 fully saturated rings. The van der Waals surface area contributed by atoms with Crippen LogP contribution in [0.2, 0.25) is 5.02 Å². The third-order valence-electron chi connectivity index (χ3n) is 5.90. The van der Waals surface area contributed by atoms with Gasteiger partial charge in [-0.3, -0.25) is 9.59 Å². The first-order valence-corrected chi connectivity index (χ1v) is 11.1. The molecule has 0 bridgehead atoms. The summed E-state index contributed by atoms with van der Waals surface area (Å²) in [6, 6.07) is 8.00. The molecule has 0 saturated carbocycles. The number of rotatable bonds is 5. The first-order chi connectivity index (χ1) is 16.0. The summed E-state index contributed by atoms with van der Waals surface area (Å²) in [6.07, 6.45) is 2.83. The van der Waals surface area contributed by atoms with E-state index in [2.05, 4.69) is 5.32 Å². The van der Waals surface area contributed by atoms with Gasteiger partial charge in [0.25, 0.3) is 11.8 Å². The van der Waals surface area contributed by atoms with Gasteiger partial charge < -0.3 is 24.4 Å². The summed E-state index contributed by atoms with van der Waals surface area (Å²) in [5, 5.41) is 3.24. The van der Waals surface area contributed by atoms with Gasteiger partial charge in [0.2, 0.25) is 0 Å². The molecular formula is C24H22ClFN2O5. The Labute approximate surface area is 195 Å². The minimum absolute atomic E-state index is 0.0923. The van der Waals surface area contributed by atoms with Gasteiger partial charge in [-0.1, -0.05) is 17.7 Å². The van der Waals surface area contributed by atoms with Crippen LogP contribution in [0, 0.1) is 11.7 Å². The molecule has 9 heteroatoms. The van der Waals surface area contributed by atoms with Crippen LogP contribution < -0.4 is 14.8 Å². The number of amides is 2. The normalized spacial score (nSPS) is 17.9. The topological polar surface area (TPSA) is 77.1 Å². The Morgan fingerprint density at radius 1 is 1.27 bits per heavy atom. The molecule has 2 aromatic carbocycles. The van der Waals surface area contributed by atoms with E-state index in [-0.39, 0.29) is 29.7 Å². The molecule has 2 amide bonds. The van der Waals surface area contributed by atoms with E-state index in [0.717, 1.165) is 29.4 Å². The maximum Gasteiger partial charge on any atom is 0.262 e. The number of nitrogens with one attached hydrogen (secondary N) is 1. The smallest absolute Gasteiger partial charge is 0.262 e. The van der Waals surface area contributed by atoms with Gasteiger partial charge in [0.05, 0.1) is 31.1 Å². The van der Waals surface area contributed by atoms with E-state index in [1.165, 1.54) is 6.07 Å². The summed E-state index contributed by atoms with van der Waals surface area (Å²) in [6.45, 7) is 2.39. The van der Waals surface area contributed by atoms with Crippen molar-refractivity contribution in [2.45, 2.75) is 6.42 Å². The molecule has 3 heterocycles. The van der Waals surface area contributed by atoms with Crippen LogP contribution in [0.5, 0.6) is 11.5 Å². The number of nitrogens with zero attached hydrogens (tertiary/aromatic N) is 1. The summed E-state index contributed by atoms with van der Waals surface area (Å²) >= 11 is 6.19. The van der Waals surface area contributed by atoms with Crippen LogP contribution in [-0.2, 0) is 9.53 Å². The second-order valence-electron chi connectivity index (χ2n) is 8.25. The van der Waals surface area contributed by atoms with E-state index < -0.39 is 11.7 Å². The minimum atomic E-state index is -0.676. The van der Waals surface area contributed by atoms with Crippen molar-refractivity contribution in [3.63, 3.8) is 0 Å². The van der Waals surface area contributed by atoms with Crippen LogP contribution in [0.4, 0.5) is 10.1 Å². The number of ether oxygens (including phenoxy) is 3. The Balaban J connectivity index is 1.21. The molecule has 0 atom stereocenters. The van der Waals surface area contributed by atoms with Gasteiger partial charge in [-0.15, -0.1) is 0 Å². The summed E-state index contributed by atoms with van der Waals surface area (Å²) in [4.78, 5) is 25.9. The van der Waals surface area contributed by atoms with Crippen LogP contribution in [-0.4, -0.2) is 56.2 Å². The number of benzene rings is 2. The Hall–Kier alpha value is -3.10. The second kappa shape index (κ2) is 9.03. The second-order valence-corrected chi connectivity index (χ2v) is 8.68. The molecule has 33 heavy (non-hydrogen) atoms. The van der Waals surface area contributed by atoms with Crippen LogP contribution in [0.3, 0.4) is 0 Å². The largest absolute Gasteiger partial charge is 0.493 e. The maximum atomic E-state index is 14.5. The van der Waals surface area contributed by atoms with Gasteiger partial charge >= 0.3 is 0 Å². The summed E-state index contributed by atoms with van der Waals surface area (Å²) < 4.78 is 31.1. The van der Waals surface area contributed by atoms with Gasteiger partial charge in [0.1, 0.15) is 17.3 Å². The summed E-state index contributed by atoms with van der Waals surface area (Å²) in [5.41, 5.74) is 2.31. The lowest BCUT2D eigenvalue weighted by Crippen LogP contribution is -2.52. The molecule has 0 radical (unpaired) electrons. The van der Waals surface area contributed by atoms with E-state index in [4.69, 9.17) is 25.8 Å². The van der Waals surface area contributed by atoms with Crippen molar-refractivity contribution in [2.75, 3.05) is 44.8 Å². The lowest BCUT2D eigenvalue weighted by Gasteiger charge is -2.39. The standard InChI is InChI=1S/C24H22ClFN2O5/c25-16-1-2-21(17(7-16)15-3-5-31-6-4-15)32-12-14-10-28(11-14)24(30)18-8-20-22(9-19(18)26)33-13-23(29)27-20/h1-3,7-9,14H,4-6,10-13H2,(H,27,29). The highest BCUT2D eigenvalue weighted by Crippen LogP contribution is 2.34. The average Bonchev–Trinajstić information content (AvgIpc) is 2.79. The van der Waals surface area contributed by atoms with E-state index in [0.29, 0.717) is 43.6 Å². The number of carbonyl (C=O) groups excluding carboxylic acids is 2. The highest BCUT2D eigenvalue weighted by atomic mass is 35.5. The van der Waals surface area contributed by atoms with E-state index >= 15 is 0 Å². The first-order valence-electron chi connectivity index (χ1n) is 10.7. The Morgan fingerprint density at radius 3 is 2.91 bits per heavy atom.